The molecular weight excluding hydrogens is 571 g/mol. The maximum atomic E-state index is 13.5. The Balaban J connectivity index is 1.64. The van der Waals surface area contributed by atoms with Gasteiger partial charge in [-0.05, 0) is 42.0 Å². The average molecular weight is 606 g/mol. The summed E-state index contributed by atoms with van der Waals surface area (Å²) < 4.78 is 21.9. The first kappa shape index (κ1) is 32.0. The summed E-state index contributed by atoms with van der Waals surface area (Å²) in [5, 5.41) is 9.92. The minimum Gasteiger partial charge on any atom is -0.505 e. The minimum absolute atomic E-state index is 0.0530. The van der Waals surface area contributed by atoms with E-state index in [9.17, 15) is 9.90 Å². The summed E-state index contributed by atoms with van der Waals surface area (Å²) in [5.74, 6) is 0.883. The monoisotopic (exact) mass is 604 g/mol. The maximum absolute atomic E-state index is 13.5. The number of phenolic OH excluding ortho intramolecular Hbond substituents is 1. The SMILES string of the molecule is CN=C(NNc1cc(Cl)c(O)c(Cl)c1)C(=O)N(CCOCCOCCOC)Cc1ccc(Oc2ccccc2)cc1. The number of aliphatic imine (C=N–C) groups is 1. The van der Waals surface area contributed by atoms with Crippen LogP contribution in [0.5, 0.6) is 17.2 Å². The van der Waals surface area contributed by atoms with Crippen LogP contribution in [0.1, 0.15) is 5.56 Å². The third-order valence-electron chi connectivity index (χ3n) is 5.64. The van der Waals surface area contributed by atoms with E-state index in [1.807, 2.05) is 54.6 Å². The molecule has 41 heavy (non-hydrogen) atoms. The third kappa shape index (κ3) is 10.8. The highest BCUT2D eigenvalue weighted by molar-refractivity contribution is 6.38. The van der Waals surface area contributed by atoms with Crippen LogP contribution in [0.2, 0.25) is 10.0 Å². The number of anilines is 1. The lowest BCUT2D eigenvalue weighted by atomic mass is 10.2. The Morgan fingerprint density at radius 2 is 1.51 bits per heavy atom. The number of hydrazine groups is 1. The molecule has 3 N–H and O–H groups in total. The molecule has 10 nitrogen and oxygen atoms in total. The Morgan fingerprint density at radius 1 is 0.902 bits per heavy atom. The van der Waals surface area contributed by atoms with Crippen molar-refractivity contribution in [1.82, 2.24) is 10.3 Å². The van der Waals surface area contributed by atoms with Crippen molar-refractivity contribution in [3.8, 4) is 17.2 Å². The number of aromatic hydroxyl groups is 1. The Morgan fingerprint density at radius 3 is 2.15 bits per heavy atom. The Kier molecular flexibility index (Phi) is 13.5. The van der Waals surface area contributed by atoms with E-state index in [1.165, 1.54) is 19.2 Å². The smallest absolute Gasteiger partial charge is 0.291 e. The largest absolute Gasteiger partial charge is 0.505 e. The van der Waals surface area contributed by atoms with Crippen molar-refractivity contribution in [2.45, 2.75) is 6.54 Å². The van der Waals surface area contributed by atoms with Crippen molar-refractivity contribution < 1.29 is 28.8 Å². The number of methoxy groups -OCH3 is 1. The molecular formula is C29H34Cl2N4O6. The molecule has 0 aromatic heterocycles. The van der Waals surface area contributed by atoms with E-state index in [4.69, 9.17) is 42.1 Å². The number of hydrogen-bond donors (Lipinski definition) is 3. The van der Waals surface area contributed by atoms with E-state index < -0.39 is 0 Å². The van der Waals surface area contributed by atoms with Gasteiger partial charge in [0.25, 0.3) is 5.91 Å². The van der Waals surface area contributed by atoms with Gasteiger partial charge in [0, 0.05) is 27.2 Å². The van der Waals surface area contributed by atoms with E-state index in [0.717, 1.165) is 11.3 Å². The summed E-state index contributed by atoms with van der Waals surface area (Å²) in [6.07, 6.45) is 0. The summed E-state index contributed by atoms with van der Waals surface area (Å²) >= 11 is 12.0. The molecule has 0 radical (unpaired) electrons. The number of carbonyl (C=O) groups is 1. The molecule has 0 aliphatic rings. The highest BCUT2D eigenvalue weighted by atomic mass is 35.5. The predicted octanol–water partition coefficient (Wildman–Crippen LogP) is 5.14. The van der Waals surface area contributed by atoms with Gasteiger partial charge in [0.05, 0.1) is 48.8 Å². The zero-order valence-electron chi connectivity index (χ0n) is 22.9. The van der Waals surface area contributed by atoms with Crippen LogP contribution in [0, 0.1) is 0 Å². The Bertz CT molecular complexity index is 1240. The van der Waals surface area contributed by atoms with Crippen LogP contribution in [0.4, 0.5) is 5.69 Å². The number of amides is 1. The van der Waals surface area contributed by atoms with Crippen molar-refractivity contribution in [1.29, 1.82) is 0 Å². The number of nitrogens with zero attached hydrogens (tertiary/aromatic N) is 2. The van der Waals surface area contributed by atoms with Gasteiger partial charge in [-0.25, -0.2) is 0 Å². The van der Waals surface area contributed by atoms with Gasteiger partial charge in [-0.15, -0.1) is 0 Å². The number of halogens is 2. The lowest BCUT2D eigenvalue weighted by Gasteiger charge is -2.24. The highest BCUT2D eigenvalue weighted by Crippen LogP contribution is 2.34. The number of amidine groups is 1. The number of hydrogen-bond acceptors (Lipinski definition) is 8. The molecule has 0 bridgehead atoms. The van der Waals surface area contributed by atoms with Crippen LogP contribution in [0.15, 0.2) is 71.7 Å². The third-order valence-corrected chi connectivity index (χ3v) is 6.22. The number of benzene rings is 3. The summed E-state index contributed by atoms with van der Waals surface area (Å²) in [7, 11) is 3.11. The lowest BCUT2D eigenvalue weighted by Crippen LogP contribution is -2.46. The van der Waals surface area contributed by atoms with E-state index in [0.29, 0.717) is 57.6 Å². The molecule has 0 saturated heterocycles. The first-order valence-corrected chi connectivity index (χ1v) is 13.6. The van der Waals surface area contributed by atoms with E-state index in [1.54, 1.807) is 12.0 Å². The number of phenols is 1. The van der Waals surface area contributed by atoms with Gasteiger partial charge in [-0.3, -0.25) is 20.6 Å². The topological polar surface area (TPSA) is 114 Å². The molecule has 1 amide bonds. The average Bonchev–Trinajstić information content (AvgIpc) is 2.98. The molecule has 0 fully saturated rings. The van der Waals surface area contributed by atoms with E-state index in [2.05, 4.69) is 15.8 Å². The molecule has 0 aliphatic heterocycles. The van der Waals surface area contributed by atoms with Gasteiger partial charge < -0.3 is 29.0 Å². The summed E-state index contributed by atoms with van der Waals surface area (Å²) in [5.41, 5.74) is 6.99. The summed E-state index contributed by atoms with van der Waals surface area (Å²) in [6.45, 7) is 2.70. The number of carbonyl (C=O) groups excluding carboxylic acids is 1. The molecule has 3 aromatic carbocycles. The molecule has 12 heteroatoms. The van der Waals surface area contributed by atoms with Crippen LogP contribution in [-0.4, -0.2) is 75.5 Å². The Labute approximate surface area is 249 Å². The normalized spacial score (nSPS) is 11.3. The van der Waals surface area contributed by atoms with Crippen molar-refractivity contribution >= 4 is 40.6 Å². The molecule has 0 unspecified atom stereocenters. The maximum Gasteiger partial charge on any atom is 0.291 e. The second kappa shape index (κ2) is 17.3. The van der Waals surface area contributed by atoms with E-state index >= 15 is 0 Å². The van der Waals surface area contributed by atoms with Crippen LogP contribution < -0.4 is 15.6 Å². The summed E-state index contributed by atoms with van der Waals surface area (Å²) in [4.78, 5) is 19.3. The number of ether oxygens (including phenoxy) is 4. The number of rotatable bonds is 15. The first-order chi connectivity index (χ1) is 19.9. The van der Waals surface area contributed by atoms with Crippen molar-refractivity contribution in [3.05, 3.63) is 82.3 Å². The second-order valence-electron chi connectivity index (χ2n) is 8.61. The molecule has 3 rings (SSSR count). The molecule has 0 spiro atoms. The van der Waals surface area contributed by atoms with Crippen LogP contribution in [-0.2, 0) is 25.5 Å². The zero-order chi connectivity index (χ0) is 29.5. The zero-order valence-corrected chi connectivity index (χ0v) is 24.5. The second-order valence-corrected chi connectivity index (χ2v) is 9.43. The van der Waals surface area contributed by atoms with Crippen LogP contribution in [0.25, 0.3) is 0 Å². The van der Waals surface area contributed by atoms with Crippen LogP contribution in [0.3, 0.4) is 0 Å². The standard InChI is InChI=1S/C29H34Cl2N4O6/c1-32-28(34-33-22-18-25(30)27(36)26(31)19-22)29(37)35(12-13-39-16-17-40-15-14-38-2)20-21-8-10-24(11-9-21)41-23-6-4-3-5-7-23/h3-11,18-19,33,36H,12-17,20H2,1-2H3,(H,32,34). The van der Waals surface area contributed by atoms with Gasteiger partial charge in [-0.1, -0.05) is 53.5 Å². The molecule has 220 valence electrons. The fourth-order valence-corrected chi connectivity index (χ4v) is 4.01. The first-order valence-electron chi connectivity index (χ1n) is 12.8. The van der Waals surface area contributed by atoms with Crippen LogP contribution >= 0.6 is 23.2 Å². The minimum atomic E-state index is -0.361. The fraction of sp³-hybridized carbons (Fsp3) is 0.310. The molecule has 0 aliphatic carbocycles. The molecule has 3 aromatic rings. The highest BCUT2D eigenvalue weighted by Gasteiger charge is 2.20. The van der Waals surface area contributed by atoms with E-state index in [-0.39, 0.29) is 27.5 Å². The summed E-state index contributed by atoms with van der Waals surface area (Å²) in [6, 6.07) is 19.9. The van der Waals surface area contributed by atoms with Crippen molar-refractivity contribution in [3.63, 3.8) is 0 Å². The van der Waals surface area contributed by atoms with Crippen molar-refractivity contribution in [2.24, 2.45) is 4.99 Å². The Hall–Kier alpha value is -3.54. The number of para-hydroxylation sites is 1. The lowest BCUT2D eigenvalue weighted by molar-refractivity contribution is -0.125. The number of nitrogens with one attached hydrogen (secondary N) is 2. The van der Waals surface area contributed by atoms with Gasteiger partial charge >= 0.3 is 0 Å². The molecule has 0 heterocycles. The van der Waals surface area contributed by atoms with Gasteiger partial charge in [-0.2, -0.15) is 0 Å². The van der Waals surface area contributed by atoms with Crippen molar-refractivity contribution in [2.75, 3.05) is 59.2 Å². The van der Waals surface area contributed by atoms with Gasteiger partial charge in [0.1, 0.15) is 11.5 Å². The molecule has 0 atom stereocenters. The fourth-order valence-electron chi connectivity index (χ4n) is 3.52. The van der Waals surface area contributed by atoms with Gasteiger partial charge in [0.15, 0.2) is 5.75 Å². The molecule has 0 saturated carbocycles. The quantitative estimate of drug-likeness (QED) is 0.0718. The predicted molar refractivity (Wildman–Crippen MR) is 160 cm³/mol. The van der Waals surface area contributed by atoms with Gasteiger partial charge in [0.2, 0.25) is 5.84 Å².